The third-order valence-electron chi connectivity index (χ3n) is 6.87. The topological polar surface area (TPSA) is 108 Å². The number of hydrogen-bond donors (Lipinski definition) is 1. The van der Waals surface area contributed by atoms with Gasteiger partial charge in [0.1, 0.15) is 11.1 Å². The summed E-state index contributed by atoms with van der Waals surface area (Å²) in [5, 5.41) is 0. The van der Waals surface area contributed by atoms with Gasteiger partial charge in [0.05, 0.1) is 18.7 Å². The molecule has 4 atom stereocenters. The van der Waals surface area contributed by atoms with Crippen molar-refractivity contribution in [2.24, 2.45) is 11.7 Å². The Kier molecular flexibility index (Phi) is 4.65. The summed E-state index contributed by atoms with van der Waals surface area (Å²) in [6.45, 7) is 5.43. The van der Waals surface area contributed by atoms with Gasteiger partial charge in [0.15, 0.2) is 5.60 Å². The van der Waals surface area contributed by atoms with Gasteiger partial charge in [-0.15, -0.1) is 0 Å². The minimum Gasteiger partial charge on any atom is -0.455 e. The molecule has 3 aliphatic rings. The molecule has 4 rings (SSSR count). The molecule has 1 amide bonds. The van der Waals surface area contributed by atoms with E-state index in [1.54, 1.807) is 11.0 Å². The van der Waals surface area contributed by atoms with E-state index >= 15 is 0 Å². The highest BCUT2D eigenvalue weighted by Crippen LogP contribution is 2.66. The minimum absolute atomic E-state index is 0.169. The van der Waals surface area contributed by atoms with Crippen molar-refractivity contribution >= 4 is 23.7 Å². The quantitative estimate of drug-likeness (QED) is 0.458. The molecular formula is C22H26N2O6. The Bertz CT molecular complexity index is 932. The molecule has 1 saturated heterocycles. The van der Waals surface area contributed by atoms with Crippen molar-refractivity contribution in [2.45, 2.75) is 49.3 Å². The molecule has 160 valence electrons. The molecule has 30 heavy (non-hydrogen) atoms. The van der Waals surface area contributed by atoms with Crippen LogP contribution in [-0.2, 0) is 29.4 Å². The number of hydrogen-bond acceptors (Lipinski definition) is 7. The van der Waals surface area contributed by atoms with Gasteiger partial charge in [0.2, 0.25) is 0 Å². The number of ether oxygens (including phenoxy) is 3. The summed E-state index contributed by atoms with van der Waals surface area (Å²) < 4.78 is 16.8. The van der Waals surface area contributed by atoms with Gasteiger partial charge in [-0.3, -0.25) is 14.5 Å². The summed E-state index contributed by atoms with van der Waals surface area (Å²) in [7, 11) is 1.31. The average molecular weight is 414 g/mol. The second-order valence-electron chi connectivity index (χ2n) is 8.15. The summed E-state index contributed by atoms with van der Waals surface area (Å²) in [6.07, 6.45) is 2.27. The fourth-order valence-corrected chi connectivity index (χ4v) is 5.81. The van der Waals surface area contributed by atoms with E-state index in [0.29, 0.717) is 24.9 Å². The van der Waals surface area contributed by atoms with Gasteiger partial charge in [-0.2, -0.15) is 0 Å². The van der Waals surface area contributed by atoms with Crippen LogP contribution in [0.2, 0.25) is 0 Å². The summed E-state index contributed by atoms with van der Waals surface area (Å²) in [5.41, 5.74) is 4.25. The Morgan fingerprint density at radius 3 is 2.73 bits per heavy atom. The molecule has 8 heteroatoms. The maximum absolute atomic E-state index is 13.2. The second kappa shape index (κ2) is 6.84. The standard InChI is InChI=1S/C22H26N2O6/c1-4-20(29-14(2)25)9-10-21-16(13-20)18(26)30-22(21,11-12-23)15-7-5-6-8-17(15)24(21)19(27)28-3/h4-8,16H,1,9-13,23H2,2-3H3. The molecule has 1 aromatic carbocycles. The van der Waals surface area contributed by atoms with Crippen molar-refractivity contribution in [1.29, 1.82) is 0 Å². The number of esters is 2. The molecule has 0 aromatic heterocycles. The number of benzene rings is 1. The lowest BCUT2D eigenvalue weighted by atomic mass is 9.60. The molecule has 0 radical (unpaired) electrons. The number of carbonyl (C=O) groups excluding carboxylic acids is 3. The summed E-state index contributed by atoms with van der Waals surface area (Å²) in [4.78, 5) is 39.6. The van der Waals surface area contributed by atoms with E-state index in [2.05, 4.69) is 6.58 Å². The Balaban J connectivity index is 1.93. The smallest absolute Gasteiger partial charge is 0.414 e. The van der Waals surface area contributed by atoms with E-state index in [0.717, 1.165) is 5.56 Å². The Hall–Kier alpha value is -2.87. The Morgan fingerprint density at radius 2 is 2.10 bits per heavy atom. The van der Waals surface area contributed by atoms with Gasteiger partial charge in [-0.05, 0) is 31.5 Å². The number of methoxy groups -OCH3 is 1. The first-order valence-electron chi connectivity index (χ1n) is 10.0. The van der Waals surface area contributed by atoms with E-state index in [-0.39, 0.29) is 13.0 Å². The predicted molar refractivity (Wildman–Crippen MR) is 108 cm³/mol. The molecule has 1 aliphatic carbocycles. The van der Waals surface area contributed by atoms with Crippen LogP contribution in [0.4, 0.5) is 10.5 Å². The minimum atomic E-state index is -1.09. The molecule has 2 fully saturated rings. The van der Waals surface area contributed by atoms with Crippen LogP contribution in [0, 0.1) is 5.92 Å². The van der Waals surface area contributed by atoms with Crippen LogP contribution in [0.3, 0.4) is 0 Å². The van der Waals surface area contributed by atoms with Crippen LogP contribution in [-0.4, -0.2) is 42.8 Å². The lowest BCUT2D eigenvalue weighted by molar-refractivity contribution is -0.160. The normalized spacial score (nSPS) is 33.8. The number of carbonyl (C=O) groups is 3. The highest BCUT2D eigenvalue weighted by Gasteiger charge is 2.77. The Morgan fingerprint density at radius 1 is 1.37 bits per heavy atom. The van der Waals surface area contributed by atoms with Crippen molar-refractivity contribution in [1.82, 2.24) is 0 Å². The first kappa shape index (κ1) is 20.4. The van der Waals surface area contributed by atoms with Crippen molar-refractivity contribution in [3.63, 3.8) is 0 Å². The largest absolute Gasteiger partial charge is 0.455 e. The van der Waals surface area contributed by atoms with Crippen LogP contribution in [0.25, 0.3) is 0 Å². The number of anilines is 1. The zero-order valence-electron chi connectivity index (χ0n) is 17.2. The lowest BCUT2D eigenvalue weighted by Gasteiger charge is -2.51. The monoisotopic (exact) mass is 414 g/mol. The van der Waals surface area contributed by atoms with Gasteiger partial charge in [-0.25, -0.2) is 4.79 Å². The van der Waals surface area contributed by atoms with Crippen LogP contribution < -0.4 is 10.6 Å². The van der Waals surface area contributed by atoms with Crippen LogP contribution >= 0.6 is 0 Å². The Labute approximate surface area is 174 Å². The summed E-state index contributed by atoms with van der Waals surface area (Å²) in [6, 6.07) is 7.37. The van der Waals surface area contributed by atoms with Crippen molar-refractivity contribution in [3.8, 4) is 0 Å². The SMILES string of the molecule is C=CC1(OC(C)=O)CCC23C(C1)C(=O)OC2(CCN)c1ccccc1N3C(=O)OC. The van der Waals surface area contributed by atoms with Crippen molar-refractivity contribution in [3.05, 3.63) is 42.5 Å². The fourth-order valence-electron chi connectivity index (χ4n) is 5.81. The maximum Gasteiger partial charge on any atom is 0.414 e. The summed E-state index contributed by atoms with van der Waals surface area (Å²) in [5.74, 6) is -1.63. The second-order valence-corrected chi connectivity index (χ2v) is 8.15. The fraction of sp³-hybridized carbons (Fsp3) is 0.500. The average Bonchev–Trinajstić information content (AvgIpc) is 3.10. The van der Waals surface area contributed by atoms with Crippen LogP contribution in [0.15, 0.2) is 36.9 Å². The molecule has 2 N–H and O–H groups in total. The lowest BCUT2D eigenvalue weighted by Crippen LogP contribution is -2.65. The number of nitrogens with two attached hydrogens (primary N) is 1. The first-order chi connectivity index (χ1) is 14.3. The zero-order chi connectivity index (χ0) is 21.7. The molecule has 2 heterocycles. The first-order valence-corrected chi connectivity index (χ1v) is 10.0. The molecule has 4 unspecified atom stereocenters. The molecular weight excluding hydrogens is 388 g/mol. The molecule has 1 saturated carbocycles. The third-order valence-corrected chi connectivity index (χ3v) is 6.87. The molecule has 1 aromatic rings. The maximum atomic E-state index is 13.2. The van der Waals surface area contributed by atoms with Gasteiger partial charge < -0.3 is 19.9 Å². The molecule has 2 aliphatic heterocycles. The van der Waals surface area contributed by atoms with Gasteiger partial charge >= 0.3 is 18.0 Å². The van der Waals surface area contributed by atoms with Crippen LogP contribution in [0.1, 0.15) is 38.2 Å². The van der Waals surface area contributed by atoms with E-state index in [1.807, 2.05) is 24.3 Å². The third kappa shape index (κ3) is 2.40. The van der Waals surface area contributed by atoms with Gasteiger partial charge in [0, 0.05) is 25.3 Å². The number of rotatable bonds is 4. The number of fused-ring (bicyclic) bond motifs is 2. The van der Waals surface area contributed by atoms with E-state index < -0.39 is 40.7 Å². The predicted octanol–water partition coefficient (Wildman–Crippen LogP) is 2.40. The van der Waals surface area contributed by atoms with E-state index in [4.69, 9.17) is 19.9 Å². The highest BCUT2D eigenvalue weighted by atomic mass is 16.6. The van der Waals surface area contributed by atoms with Crippen LogP contribution in [0.5, 0.6) is 0 Å². The summed E-state index contributed by atoms with van der Waals surface area (Å²) >= 11 is 0. The highest BCUT2D eigenvalue weighted by molar-refractivity contribution is 5.98. The van der Waals surface area contributed by atoms with Crippen molar-refractivity contribution in [2.75, 3.05) is 18.6 Å². The molecule has 1 spiro atoms. The number of nitrogens with zero attached hydrogens (tertiary/aromatic N) is 1. The number of para-hydroxylation sites is 1. The molecule has 0 bridgehead atoms. The number of amides is 1. The molecule has 8 nitrogen and oxygen atoms in total. The van der Waals surface area contributed by atoms with E-state index in [1.165, 1.54) is 14.0 Å². The van der Waals surface area contributed by atoms with Gasteiger partial charge in [-0.1, -0.05) is 24.8 Å². The zero-order valence-corrected chi connectivity index (χ0v) is 17.2. The van der Waals surface area contributed by atoms with Crippen molar-refractivity contribution < 1.29 is 28.6 Å². The van der Waals surface area contributed by atoms with Gasteiger partial charge in [0.25, 0.3) is 0 Å². The van der Waals surface area contributed by atoms with E-state index in [9.17, 15) is 14.4 Å².